The SMILES string of the molecule is CCN1CCC(c2nc3c(O)cccn3n2)C1. The molecule has 1 atom stereocenters. The number of fused-ring (bicyclic) bond motifs is 1. The number of likely N-dealkylation sites (tertiary alicyclic amines) is 1. The van der Waals surface area contributed by atoms with Gasteiger partial charge in [0.2, 0.25) is 0 Å². The molecule has 1 unspecified atom stereocenters. The van der Waals surface area contributed by atoms with E-state index in [4.69, 9.17) is 0 Å². The summed E-state index contributed by atoms with van der Waals surface area (Å²) in [6.07, 6.45) is 2.92. The predicted octanol–water partition coefficient (Wildman–Crippen LogP) is 1.24. The average Bonchev–Trinajstić information content (AvgIpc) is 2.95. The lowest BCUT2D eigenvalue weighted by molar-refractivity contribution is 0.352. The van der Waals surface area contributed by atoms with Crippen molar-refractivity contribution in [3.05, 3.63) is 24.2 Å². The topological polar surface area (TPSA) is 53.7 Å². The van der Waals surface area contributed by atoms with Gasteiger partial charge in [-0.1, -0.05) is 6.92 Å². The fourth-order valence-corrected chi connectivity index (χ4v) is 2.41. The predicted molar refractivity (Wildman–Crippen MR) is 64.1 cm³/mol. The van der Waals surface area contributed by atoms with Gasteiger partial charge in [-0.05, 0) is 31.6 Å². The molecule has 1 N–H and O–H groups in total. The van der Waals surface area contributed by atoms with Crippen molar-refractivity contribution in [1.82, 2.24) is 19.5 Å². The molecule has 2 aromatic rings. The van der Waals surface area contributed by atoms with E-state index in [2.05, 4.69) is 21.9 Å². The van der Waals surface area contributed by atoms with E-state index >= 15 is 0 Å². The van der Waals surface area contributed by atoms with Gasteiger partial charge in [0.15, 0.2) is 17.2 Å². The fraction of sp³-hybridized carbons (Fsp3) is 0.500. The first-order valence-electron chi connectivity index (χ1n) is 6.04. The van der Waals surface area contributed by atoms with Gasteiger partial charge in [-0.15, -0.1) is 0 Å². The first-order chi connectivity index (χ1) is 8.28. The molecule has 3 rings (SSSR count). The minimum Gasteiger partial charge on any atom is -0.504 e. The van der Waals surface area contributed by atoms with Crippen molar-refractivity contribution in [3.63, 3.8) is 0 Å². The van der Waals surface area contributed by atoms with Crippen LogP contribution in [-0.4, -0.2) is 44.2 Å². The zero-order valence-electron chi connectivity index (χ0n) is 9.87. The van der Waals surface area contributed by atoms with E-state index in [1.54, 1.807) is 16.6 Å². The first-order valence-corrected chi connectivity index (χ1v) is 6.04. The highest BCUT2D eigenvalue weighted by Crippen LogP contribution is 2.26. The Morgan fingerprint density at radius 3 is 3.12 bits per heavy atom. The molecule has 0 amide bonds. The maximum Gasteiger partial charge on any atom is 0.197 e. The van der Waals surface area contributed by atoms with Crippen LogP contribution in [0.25, 0.3) is 5.65 Å². The van der Waals surface area contributed by atoms with E-state index < -0.39 is 0 Å². The van der Waals surface area contributed by atoms with Crippen molar-refractivity contribution >= 4 is 5.65 Å². The third kappa shape index (κ3) is 1.76. The first kappa shape index (κ1) is 10.5. The Morgan fingerprint density at radius 2 is 2.41 bits per heavy atom. The average molecular weight is 232 g/mol. The minimum absolute atomic E-state index is 0.191. The van der Waals surface area contributed by atoms with Gasteiger partial charge in [0.05, 0.1) is 0 Å². The number of likely N-dealkylation sites (N-methyl/N-ethyl adjacent to an activating group) is 1. The fourth-order valence-electron chi connectivity index (χ4n) is 2.41. The summed E-state index contributed by atoms with van der Waals surface area (Å²) in [5, 5.41) is 14.1. The van der Waals surface area contributed by atoms with E-state index in [-0.39, 0.29) is 5.75 Å². The summed E-state index contributed by atoms with van der Waals surface area (Å²) in [6.45, 7) is 5.39. The van der Waals surface area contributed by atoms with Crippen LogP contribution in [0.3, 0.4) is 0 Å². The van der Waals surface area contributed by atoms with Gasteiger partial charge in [-0.2, -0.15) is 5.10 Å². The summed E-state index contributed by atoms with van der Waals surface area (Å²) in [5.41, 5.74) is 0.553. The van der Waals surface area contributed by atoms with Gasteiger partial charge in [-0.25, -0.2) is 9.50 Å². The highest BCUT2D eigenvalue weighted by atomic mass is 16.3. The van der Waals surface area contributed by atoms with Crippen molar-refractivity contribution in [2.75, 3.05) is 19.6 Å². The van der Waals surface area contributed by atoms with Crippen molar-refractivity contribution in [2.45, 2.75) is 19.3 Å². The molecule has 0 radical (unpaired) electrons. The molecule has 0 bridgehead atoms. The lowest BCUT2D eigenvalue weighted by Crippen LogP contribution is -2.19. The number of hydrogen-bond donors (Lipinski definition) is 1. The normalized spacial score (nSPS) is 21.4. The van der Waals surface area contributed by atoms with E-state index in [0.717, 1.165) is 31.9 Å². The van der Waals surface area contributed by atoms with Crippen LogP contribution in [0.15, 0.2) is 18.3 Å². The summed E-state index contributed by atoms with van der Waals surface area (Å²) >= 11 is 0. The Bertz CT molecular complexity index is 536. The summed E-state index contributed by atoms with van der Waals surface area (Å²) < 4.78 is 1.65. The van der Waals surface area contributed by atoms with E-state index in [1.165, 1.54) is 0 Å². The van der Waals surface area contributed by atoms with Crippen LogP contribution in [-0.2, 0) is 0 Å². The molecule has 5 nitrogen and oxygen atoms in total. The van der Waals surface area contributed by atoms with Gasteiger partial charge in [0.1, 0.15) is 0 Å². The second-order valence-electron chi connectivity index (χ2n) is 4.51. The summed E-state index contributed by atoms with van der Waals surface area (Å²) in [6, 6.07) is 3.41. The molecule has 0 aliphatic carbocycles. The lowest BCUT2D eigenvalue weighted by atomic mass is 10.1. The summed E-state index contributed by atoms with van der Waals surface area (Å²) in [5.74, 6) is 1.44. The monoisotopic (exact) mass is 232 g/mol. The largest absolute Gasteiger partial charge is 0.504 e. The molecule has 3 heterocycles. The molecule has 2 aromatic heterocycles. The van der Waals surface area contributed by atoms with Crippen LogP contribution in [0.2, 0.25) is 0 Å². The highest BCUT2D eigenvalue weighted by molar-refractivity contribution is 5.51. The van der Waals surface area contributed by atoms with Crippen LogP contribution < -0.4 is 0 Å². The van der Waals surface area contributed by atoms with Crippen LogP contribution >= 0.6 is 0 Å². The smallest absolute Gasteiger partial charge is 0.197 e. The minimum atomic E-state index is 0.191. The Balaban J connectivity index is 1.94. The molecule has 1 aliphatic rings. The number of pyridine rings is 1. The number of aromatic nitrogens is 3. The second-order valence-corrected chi connectivity index (χ2v) is 4.51. The van der Waals surface area contributed by atoms with Crippen LogP contribution in [0.1, 0.15) is 25.1 Å². The Hall–Kier alpha value is -1.62. The Kier molecular flexibility index (Phi) is 2.48. The third-order valence-electron chi connectivity index (χ3n) is 3.44. The molecule has 1 saturated heterocycles. The molecular formula is C12H16N4O. The van der Waals surface area contributed by atoms with E-state index in [0.29, 0.717) is 11.6 Å². The summed E-state index contributed by atoms with van der Waals surface area (Å²) in [7, 11) is 0. The molecule has 17 heavy (non-hydrogen) atoms. The van der Waals surface area contributed by atoms with E-state index in [1.807, 2.05) is 6.20 Å². The highest BCUT2D eigenvalue weighted by Gasteiger charge is 2.26. The standard InChI is InChI=1S/C12H16N4O/c1-2-15-7-5-9(8-15)11-13-12-10(17)4-3-6-16(12)14-11/h3-4,6,9,17H,2,5,7-8H2,1H3. The molecule has 0 spiro atoms. The van der Waals surface area contributed by atoms with Crippen molar-refractivity contribution in [1.29, 1.82) is 0 Å². The van der Waals surface area contributed by atoms with Crippen molar-refractivity contribution < 1.29 is 5.11 Å². The van der Waals surface area contributed by atoms with Gasteiger partial charge in [-0.3, -0.25) is 0 Å². The quantitative estimate of drug-likeness (QED) is 0.846. The maximum absolute atomic E-state index is 9.69. The van der Waals surface area contributed by atoms with Gasteiger partial charge >= 0.3 is 0 Å². The zero-order chi connectivity index (χ0) is 11.8. The molecule has 90 valence electrons. The Labute approximate surface area is 99.7 Å². The maximum atomic E-state index is 9.69. The molecule has 0 aromatic carbocycles. The van der Waals surface area contributed by atoms with Crippen LogP contribution in [0.5, 0.6) is 5.75 Å². The van der Waals surface area contributed by atoms with E-state index in [9.17, 15) is 5.11 Å². The zero-order valence-corrected chi connectivity index (χ0v) is 9.87. The third-order valence-corrected chi connectivity index (χ3v) is 3.44. The molecular weight excluding hydrogens is 216 g/mol. The molecule has 5 heteroatoms. The molecule has 0 saturated carbocycles. The summed E-state index contributed by atoms with van der Waals surface area (Å²) in [4.78, 5) is 6.84. The van der Waals surface area contributed by atoms with Gasteiger partial charge in [0.25, 0.3) is 0 Å². The van der Waals surface area contributed by atoms with Crippen LogP contribution in [0, 0.1) is 0 Å². The number of hydrogen-bond acceptors (Lipinski definition) is 4. The van der Waals surface area contributed by atoms with Crippen molar-refractivity contribution in [2.24, 2.45) is 0 Å². The Morgan fingerprint density at radius 1 is 1.53 bits per heavy atom. The number of rotatable bonds is 2. The van der Waals surface area contributed by atoms with Gasteiger partial charge < -0.3 is 10.0 Å². The molecule has 1 aliphatic heterocycles. The molecule has 1 fully saturated rings. The van der Waals surface area contributed by atoms with Crippen molar-refractivity contribution in [3.8, 4) is 5.75 Å². The van der Waals surface area contributed by atoms with Gasteiger partial charge in [0, 0.05) is 18.7 Å². The van der Waals surface area contributed by atoms with Crippen LogP contribution in [0.4, 0.5) is 0 Å². The number of aromatic hydroxyl groups is 1. The lowest BCUT2D eigenvalue weighted by Gasteiger charge is -2.10. The number of nitrogens with zero attached hydrogens (tertiary/aromatic N) is 4. The second kappa shape index (κ2) is 4.00.